The maximum absolute atomic E-state index is 5.79. The topological polar surface area (TPSA) is 39.7 Å². The first-order valence-electron chi connectivity index (χ1n) is 12.6. The van der Waals surface area contributed by atoms with Crippen LogP contribution in [0, 0.1) is 5.92 Å². The van der Waals surface area contributed by atoms with Gasteiger partial charge in [-0.25, -0.2) is 0 Å². The van der Waals surface area contributed by atoms with Gasteiger partial charge in [0.15, 0.2) is 0 Å². The zero-order valence-corrected chi connectivity index (χ0v) is 20.5. The highest BCUT2D eigenvalue weighted by atomic mass is 16.5. The standard InChI is InChI=1S/C25H53NO3/c1-6-10-12-14-24(13-11-7-2)15-18-27-20-22-29-23-21-28-19-17-26-25(5,9-4)16-8-3/h24,26H,6-23H2,1-5H3. The summed E-state index contributed by atoms with van der Waals surface area (Å²) in [6.45, 7) is 16.6. The van der Waals surface area contributed by atoms with Crippen molar-refractivity contribution in [1.82, 2.24) is 5.32 Å². The van der Waals surface area contributed by atoms with Gasteiger partial charge in [-0.1, -0.05) is 79.1 Å². The summed E-state index contributed by atoms with van der Waals surface area (Å²) in [4.78, 5) is 0. The molecule has 0 bridgehead atoms. The molecule has 0 aromatic carbocycles. The van der Waals surface area contributed by atoms with Gasteiger partial charge in [0.25, 0.3) is 0 Å². The van der Waals surface area contributed by atoms with E-state index in [1.807, 2.05) is 0 Å². The fraction of sp³-hybridized carbons (Fsp3) is 1.00. The Morgan fingerprint density at radius 1 is 0.655 bits per heavy atom. The second kappa shape index (κ2) is 21.1. The minimum atomic E-state index is 0.248. The lowest BCUT2D eigenvalue weighted by Gasteiger charge is -2.29. The second-order valence-corrected chi connectivity index (χ2v) is 8.72. The third kappa shape index (κ3) is 18.3. The van der Waals surface area contributed by atoms with E-state index in [0.29, 0.717) is 26.4 Å². The maximum atomic E-state index is 5.79. The van der Waals surface area contributed by atoms with Crippen LogP contribution in [-0.2, 0) is 14.2 Å². The van der Waals surface area contributed by atoms with Crippen LogP contribution in [0.15, 0.2) is 0 Å². The molecule has 2 atom stereocenters. The van der Waals surface area contributed by atoms with Crippen LogP contribution in [0.25, 0.3) is 0 Å². The van der Waals surface area contributed by atoms with E-state index in [9.17, 15) is 0 Å². The van der Waals surface area contributed by atoms with Crippen molar-refractivity contribution >= 4 is 0 Å². The Kier molecular flexibility index (Phi) is 21.0. The van der Waals surface area contributed by atoms with Crippen LogP contribution in [0.3, 0.4) is 0 Å². The first-order valence-corrected chi connectivity index (χ1v) is 12.6. The first kappa shape index (κ1) is 28.8. The van der Waals surface area contributed by atoms with Gasteiger partial charge in [-0.15, -0.1) is 0 Å². The maximum Gasteiger partial charge on any atom is 0.0701 e. The fourth-order valence-corrected chi connectivity index (χ4v) is 3.77. The second-order valence-electron chi connectivity index (χ2n) is 8.72. The molecule has 0 aliphatic carbocycles. The molecule has 0 aliphatic rings. The third-order valence-corrected chi connectivity index (χ3v) is 5.98. The fourth-order valence-electron chi connectivity index (χ4n) is 3.77. The van der Waals surface area contributed by atoms with Gasteiger partial charge in [-0.3, -0.25) is 0 Å². The van der Waals surface area contributed by atoms with Gasteiger partial charge >= 0.3 is 0 Å². The van der Waals surface area contributed by atoms with E-state index in [1.165, 1.54) is 64.2 Å². The smallest absolute Gasteiger partial charge is 0.0701 e. The lowest BCUT2D eigenvalue weighted by Crippen LogP contribution is -2.43. The van der Waals surface area contributed by atoms with Gasteiger partial charge in [0.1, 0.15) is 0 Å². The number of hydrogen-bond acceptors (Lipinski definition) is 4. The number of unbranched alkanes of at least 4 members (excludes halogenated alkanes) is 3. The predicted octanol–water partition coefficient (Wildman–Crippen LogP) is 6.37. The summed E-state index contributed by atoms with van der Waals surface area (Å²) in [5.41, 5.74) is 0.248. The lowest BCUT2D eigenvalue weighted by molar-refractivity contribution is 0.0116. The molecule has 0 amide bonds. The highest BCUT2D eigenvalue weighted by Gasteiger charge is 2.19. The van der Waals surface area contributed by atoms with Crippen molar-refractivity contribution < 1.29 is 14.2 Å². The van der Waals surface area contributed by atoms with Crippen LogP contribution >= 0.6 is 0 Å². The van der Waals surface area contributed by atoms with Crippen LogP contribution in [-0.4, -0.2) is 51.7 Å². The van der Waals surface area contributed by atoms with Gasteiger partial charge in [0, 0.05) is 18.7 Å². The van der Waals surface area contributed by atoms with Crippen molar-refractivity contribution in [1.29, 1.82) is 0 Å². The Labute approximate surface area is 182 Å². The Morgan fingerprint density at radius 3 is 1.83 bits per heavy atom. The summed E-state index contributed by atoms with van der Waals surface area (Å²) in [7, 11) is 0. The summed E-state index contributed by atoms with van der Waals surface area (Å²) in [6, 6.07) is 0. The first-order chi connectivity index (χ1) is 14.1. The number of nitrogens with one attached hydrogen (secondary N) is 1. The monoisotopic (exact) mass is 415 g/mol. The summed E-state index contributed by atoms with van der Waals surface area (Å²) in [5, 5.41) is 3.62. The number of hydrogen-bond donors (Lipinski definition) is 1. The molecule has 176 valence electrons. The molecule has 2 unspecified atom stereocenters. The average Bonchev–Trinajstić information content (AvgIpc) is 2.72. The molecule has 4 heteroatoms. The number of ether oxygens (including phenoxy) is 3. The van der Waals surface area contributed by atoms with E-state index < -0.39 is 0 Å². The SMILES string of the molecule is CCCCCC(CCCC)CCOCCOCCOCCNC(C)(CC)CCC. The van der Waals surface area contributed by atoms with Crippen LogP contribution in [0.2, 0.25) is 0 Å². The minimum Gasteiger partial charge on any atom is -0.379 e. The Morgan fingerprint density at radius 2 is 1.24 bits per heavy atom. The van der Waals surface area contributed by atoms with Crippen LogP contribution in [0.4, 0.5) is 0 Å². The van der Waals surface area contributed by atoms with E-state index >= 15 is 0 Å². The quantitative estimate of drug-likeness (QED) is 0.197. The third-order valence-electron chi connectivity index (χ3n) is 5.98. The number of rotatable bonds is 23. The molecule has 29 heavy (non-hydrogen) atoms. The zero-order chi connectivity index (χ0) is 21.6. The van der Waals surface area contributed by atoms with Crippen molar-refractivity contribution in [3.8, 4) is 0 Å². The van der Waals surface area contributed by atoms with Gasteiger partial charge in [-0.05, 0) is 32.1 Å². The summed E-state index contributed by atoms with van der Waals surface area (Å²) >= 11 is 0. The molecule has 1 N–H and O–H groups in total. The van der Waals surface area contributed by atoms with Crippen molar-refractivity contribution in [2.24, 2.45) is 5.92 Å². The lowest BCUT2D eigenvalue weighted by atomic mass is 9.93. The van der Waals surface area contributed by atoms with Crippen LogP contribution < -0.4 is 5.32 Å². The molecule has 4 nitrogen and oxygen atoms in total. The van der Waals surface area contributed by atoms with E-state index in [-0.39, 0.29) is 5.54 Å². The predicted molar refractivity (Wildman–Crippen MR) is 126 cm³/mol. The van der Waals surface area contributed by atoms with Gasteiger partial charge in [0.05, 0.1) is 33.0 Å². The van der Waals surface area contributed by atoms with Crippen molar-refractivity contribution in [2.45, 2.75) is 111 Å². The van der Waals surface area contributed by atoms with Crippen molar-refractivity contribution in [3.05, 3.63) is 0 Å². The molecule has 0 radical (unpaired) electrons. The Hall–Kier alpha value is -0.160. The van der Waals surface area contributed by atoms with E-state index in [1.54, 1.807) is 0 Å². The van der Waals surface area contributed by atoms with Crippen molar-refractivity contribution in [3.63, 3.8) is 0 Å². The van der Waals surface area contributed by atoms with Crippen molar-refractivity contribution in [2.75, 3.05) is 46.2 Å². The van der Waals surface area contributed by atoms with Gasteiger partial charge in [-0.2, -0.15) is 0 Å². The van der Waals surface area contributed by atoms with E-state index in [0.717, 1.165) is 32.1 Å². The minimum absolute atomic E-state index is 0.248. The molecule has 0 aromatic rings. The average molecular weight is 416 g/mol. The van der Waals surface area contributed by atoms with Gasteiger partial charge in [0.2, 0.25) is 0 Å². The summed E-state index contributed by atoms with van der Waals surface area (Å²) < 4.78 is 17.1. The van der Waals surface area contributed by atoms with Crippen LogP contribution in [0.1, 0.15) is 105 Å². The normalized spacial score (nSPS) is 14.8. The molecule has 0 heterocycles. The molecule has 0 rings (SSSR count). The van der Waals surface area contributed by atoms with E-state index in [2.05, 4.69) is 39.9 Å². The summed E-state index contributed by atoms with van der Waals surface area (Å²) in [5.74, 6) is 0.844. The molecule has 0 saturated carbocycles. The Balaban J connectivity index is 3.50. The molecule has 0 spiro atoms. The molecule has 0 aliphatic heterocycles. The molecule has 0 saturated heterocycles. The largest absolute Gasteiger partial charge is 0.379 e. The van der Waals surface area contributed by atoms with Crippen LogP contribution in [0.5, 0.6) is 0 Å². The Bertz CT molecular complexity index is 327. The highest BCUT2D eigenvalue weighted by molar-refractivity contribution is 4.80. The van der Waals surface area contributed by atoms with Gasteiger partial charge < -0.3 is 19.5 Å². The van der Waals surface area contributed by atoms with E-state index in [4.69, 9.17) is 14.2 Å². The molecule has 0 aromatic heterocycles. The zero-order valence-electron chi connectivity index (χ0n) is 20.5. The molecule has 0 fully saturated rings. The highest BCUT2D eigenvalue weighted by Crippen LogP contribution is 2.20. The molecular formula is C25H53NO3. The molecular weight excluding hydrogens is 362 g/mol. The summed E-state index contributed by atoms with van der Waals surface area (Å²) in [6.07, 6.45) is 14.2.